The average molecular weight is 372 g/mol. The lowest BCUT2D eigenvalue weighted by molar-refractivity contribution is -0.136. The monoisotopic (exact) mass is 372 g/mol. The Morgan fingerprint density at radius 2 is 1.89 bits per heavy atom. The van der Waals surface area contributed by atoms with Crippen molar-refractivity contribution in [3.05, 3.63) is 59.4 Å². The van der Waals surface area contributed by atoms with Crippen molar-refractivity contribution in [1.82, 2.24) is 0 Å². The molecule has 0 bridgehead atoms. The zero-order chi connectivity index (χ0) is 19.2. The van der Waals surface area contributed by atoms with Crippen LogP contribution in [0.2, 0.25) is 0 Å². The van der Waals surface area contributed by atoms with Gasteiger partial charge in [0.05, 0.1) is 7.11 Å². The highest BCUT2D eigenvalue weighted by molar-refractivity contribution is 5.98. The predicted molar refractivity (Wildman–Crippen MR) is 94.7 cm³/mol. The van der Waals surface area contributed by atoms with Crippen LogP contribution in [0.3, 0.4) is 0 Å². The zero-order valence-corrected chi connectivity index (χ0v) is 14.6. The maximum atomic E-state index is 12.9. The van der Waals surface area contributed by atoms with Crippen LogP contribution in [0.25, 0.3) is 6.08 Å². The van der Waals surface area contributed by atoms with E-state index in [1.54, 1.807) is 12.1 Å². The SMILES string of the molecule is COc1cc(/C=C/C(=O)OCC(=O)c2ccc(F)cc2)cc2c1OCCO2. The molecule has 2 aromatic rings. The number of carbonyl (C=O) groups is 2. The summed E-state index contributed by atoms with van der Waals surface area (Å²) in [5.41, 5.74) is 0.919. The Morgan fingerprint density at radius 1 is 1.15 bits per heavy atom. The molecule has 7 heteroatoms. The molecular weight excluding hydrogens is 355 g/mol. The van der Waals surface area contributed by atoms with Crippen LogP contribution in [0.4, 0.5) is 4.39 Å². The smallest absolute Gasteiger partial charge is 0.331 e. The fraction of sp³-hybridized carbons (Fsp3) is 0.200. The van der Waals surface area contributed by atoms with Crippen LogP contribution in [0.5, 0.6) is 17.2 Å². The van der Waals surface area contributed by atoms with Crippen LogP contribution in [-0.2, 0) is 9.53 Å². The molecule has 0 saturated heterocycles. The molecule has 1 aliphatic rings. The van der Waals surface area contributed by atoms with Crippen molar-refractivity contribution >= 4 is 17.8 Å². The van der Waals surface area contributed by atoms with Crippen LogP contribution in [-0.4, -0.2) is 38.7 Å². The molecule has 3 rings (SSSR count). The minimum Gasteiger partial charge on any atom is -0.493 e. The number of esters is 1. The lowest BCUT2D eigenvalue weighted by Gasteiger charge is -2.20. The third-order valence-corrected chi connectivity index (χ3v) is 3.77. The molecule has 0 aliphatic carbocycles. The molecule has 0 amide bonds. The molecule has 1 heterocycles. The number of hydrogen-bond donors (Lipinski definition) is 0. The lowest BCUT2D eigenvalue weighted by atomic mass is 10.1. The van der Waals surface area contributed by atoms with Crippen molar-refractivity contribution in [2.75, 3.05) is 26.9 Å². The summed E-state index contributed by atoms with van der Waals surface area (Å²) in [6, 6.07) is 8.42. The van der Waals surface area contributed by atoms with Gasteiger partial charge in [0.25, 0.3) is 0 Å². The predicted octanol–water partition coefficient (Wildman–Crippen LogP) is 3.04. The summed E-state index contributed by atoms with van der Waals surface area (Å²) in [6.07, 6.45) is 2.72. The summed E-state index contributed by atoms with van der Waals surface area (Å²) in [5, 5.41) is 0. The van der Waals surface area contributed by atoms with E-state index in [0.29, 0.717) is 36.0 Å². The number of ketones is 1. The fourth-order valence-corrected chi connectivity index (χ4v) is 2.46. The molecule has 27 heavy (non-hydrogen) atoms. The average Bonchev–Trinajstić information content (AvgIpc) is 2.70. The summed E-state index contributed by atoms with van der Waals surface area (Å²) < 4.78 is 34.1. The zero-order valence-electron chi connectivity index (χ0n) is 14.6. The number of methoxy groups -OCH3 is 1. The van der Waals surface area contributed by atoms with Crippen LogP contribution >= 0.6 is 0 Å². The Labute approximate surface area is 155 Å². The van der Waals surface area contributed by atoms with Crippen molar-refractivity contribution < 1.29 is 32.9 Å². The number of fused-ring (bicyclic) bond motifs is 1. The van der Waals surface area contributed by atoms with Crippen molar-refractivity contribution in [2.24, 2.45) is 0 Å². The maximum absolute atomic E-state index is 12.9. The topological polar surface area (TPSA) is 71.1 Å². The van der Waals surface area contributed by atoms with Crippen LogP contribution < -0.4 is 14.2 Å². The molecule has 0 aromatic heterocycles. The highest BCUT2D eigenvalue weighted by Crippen LogP contribution is 2.40. The molecule has 1 aliphatic heterocycles. The number of benzene rings is 2. The summed E-state index contributed by atoms with van der Waals surface area (Å²) in [4.78, 5) is 23.7. The first-order chi connectivity index (χ1) is 13.1. The van der Waals surface area contributed by atoms with E-state index in [-0.39, 0.29) is 5.56 Å². The van der Waals surface area contributed by atoms with E-state index >= 15 is 0 Å². The lowest BCUT2D eigenvalue weighted by Crippen LogP contribution is -2.16. The molecule has 0 N–H and O–H groups in total. The first-order valence-corrected chi connectivity index (χ1v) is 8.18. The Morgan fingerprint density at radius 3 is 2.63 bits per heavy atom. The van der Waals surface area contributed by atoms with Crippen LogP contribution in [0, 0.1) is 5.82 Å². The van der Waals surface area contributed by atoms with Crippen molar-refractivity contribution in [2.45, 2.75) is 0 Å². The first kappa shape index (κ1) is 18.4. The van der Waals surface area contributed by atoms with Gasteiger partial charge in [-0.15, -0.1) is 0 Å². The minimum absolute atomic E-state index is 0.268. The Balaban J connectivity index is 1.61. The molecule has 0 radical (unpaired) electrons. The van der Waals surface area contributed by atoms with Gasteiger partial charge >= 0.3 is 5.97 Å². The van der Waals surface area contributed by atoms with E-state index in [0.717, 1.165) is 0 Å². The molecule has 0 atom stereocenters. The second-order valence-electron chi connectivity index (χ2n) is 5.62. The van der Waals surface area contributed by atoms with E-state index in [4.69, 9.17) is 18.9 Å². The quantitative estimate of drug-likeness (QED) is 0.441. The highest BCUT2D eigenvalue weighted by atomic mass is 19.1. The van der Waals surface area contributed by atoms with Gasteiger partial charge in [0.1, 0.15) is 19.0 Å². The molecule has 0 fully saturated rings. The summed E-state index contributed by atoms with van der Waals surface area (Å²) in [5.74, 6) is -0.00131. The van der Waals surface area contributed by atoms with Gasteiger partial charge in [-0.1, -0.05) is 0 Å². The number of rotatable bonds is 6. The van der Waals surface area contributed by atoms with Gasteiger partial charge in [0.2, 0.25) is 5.75 Å². The van der Waals surface area contributed by atoms with Gasteiger partial charge in [0, 0.05) is 11.6 Å². The third-order valence-electron chi connectivity index (χ3n) is 3.77. The van der Waals surface area contributed by atoms with Gasteiger partial charge < -0.3 is 18.9 Å². The molecular formula is C20H17FO6. The molecule has 0 spiro atoms. The van der Waals surface area contributed by atoms with E-state index in [9.17, 15) is 14.0 Å². The van der Waals surface area contributed by atoms with Crippen LogP contribution in [0.15, 0.2) is 42.5 Å². The van der Waals surface area contributed by atoms with Gasteiger partial charge in [-0.25, -0.2) is 9.18 Å². The van der Waals surface area contributed by atoms with Crippen molar-refractivity contribution in [1.29, 1.82) is 0 Å². The summed E-state index contributed by atoms with van der Waals surface area (Å²) in [7, 11) is 1.51. The maximum Gasteiger partial charge on any atom is 0.331 e. The Bertz CT molecular complexity index is 856. The number of carbonyl (C=O) groups excluding carboxylic acids is 2. The fourth-order valence-electron chi connectivity index (χ4n) is 2.46. The van der Waals surface area contributed by atoms with Crippen molar-refractivity contribution in [3.63, 3.8) is 0 Å². The molecule has 140 valence electrons. The molecule has 0 saturated carbocycles. The minimum atomic E-state index is -0.681. The van der Waals surface area contributed by atoms with E-state index in [1.165, 1.54) is 43.5 Å². The van der Waals surface area contributed by atoms with Crippen LogP contribution in [0.1, 0.15) is 15.9 Å². The Kier molecular flexibility index (Phi) is 5.71. The number of Topliss-reactive ketones (excluding diaryl/α,β-unsaturated/α-hetero) is 1. The second-order valence-corrected chi connectivity index (χ2v) is 5.62. The number of halogens is 1. The molecule has 0 unspecified atom stereocenters. The van der Waals surface area contributed by atoms with Gasteiger partial charge in [0.15, 0.2) is 23.9 Å². The highest BCUT2D eigenvalue weighted by Gasteiger charge is 2.18. The van der Waals surface area contributed by atoms with Crippen molar-refractivity contribution in [3.8, 4) is 17.2 Å². The Hall–Kier alpha value is -3.35. The van der Waals surface area contributed by atoms with E-state index in [1.807, 2.05) is 0 Å². The number of hydrogen-bond acceptors (Lipinski definition) is 6. The first-order valence-electron chi connectivity index (χ1n) is 8.18. The van der Waals surface area contributed by atoms with E-state index < -0.39 is 24.2 Å². The normalized spacial score (nSPS) is 12.7. The second kappa shape index (κ2) is 8.35. The standard InChI is InChI=1S/C20H17FO6/c1-24-17-10-13(11-18-20(17)26-9-8-25-18)2-7-19(23)27-12-16(22)14-3-5-15(21)6-4-14/h2-7,10-11H,8-9,12H2,1H3/b7-2+. The third kappa shape index (κ3) is 4.63. The molecule has 2 aromatic carbocycles. The largest absolute Gasteiger partial charge is 0.493 e. The summed E-state index contributed by atoms with van der Waals surface area (Å²) in [6.45, 7) is 0.434. The van der Waals surface area contributed by atoms with E-state index in [2.05, 4.69) is 0 Å². The summed E-state index contributed by atoms with van der Waals surface area (Å²) >= 11 is 0. The van der Waals surface area contributed by atoms with Gasteiger partial charge in [-0.3, -0.25) is 4.79 Å². The van der Waals surface area contributed by atoms with Gasteiger partial charge in [-0.2, -0.15) is 0 Å². The number of ether oxygens (including phenoxy) is 4. The van der Waals surface area contributed by atoms with Gasteiger partial charge in [-0.05, 0) is 48.0 Å². The molecule has 6 nitrogen and oxygen atoms in total.